The highest BCUT2D eigenvalue weighted by Gasteiger charge is 2.22. The minimum absolute atomic E-state index is 0.489. The van der Waals surface area contributed by atoms with Gasteiger partial charge in [-0.2, -0.15) is 4.57 Å². The van der Waals surface area contributed by atoms with Crippen LogP contribution in [0.5, 0.6) is 0 Å². The Hall–Kier alpha value is -2.15. The molecular weight excluding hydrogens is 338 g/mol. The van der Waals surface area contributed by atoms with Gasteiger partial charge in [-0.25, -0.2) is 0 Å². The summed E-state index contributed by atoms with van der Waals surface area (Å²) in [6.45, 7) is 15.5. The molecule has 0 bridgehead atoms. The molecule has 0 amide bonds. The van der Waals surface area contributed by atoms with E-state index >= 15 is 0 Å². The Morgan fingerprint density at radius 2 is 1.64 bits per heavy atom. The normalized spacial score (nSPS) is 12.3. The second-order valence-electron chi connectivity index (χ2n) is 8.60. The van der Waals surface area contributed by atoms with E-state index in [9.17, 15) is 0 Å². The second-order valence-corrected chi connectivity index (χ2v) is 8.60. The third-order valence-electron chi connectivity index (χ3n) is 6.52. The number of hydrogen-bond acceptors (Lipinski definition) is 0. The molecule has 1 aromatic heterocycles. The van der Waals surface area contributed by atoms with Crippen LogP contribution in [0, 0.1) is 20.8 Å². The van der Waals surface area contributed by atoms with Crippen molar-refractivity contribution >= 4 is 10.8 Å². The van der Waals surface area contributed by atoms with E-state index in [1.54, 1.807) is 0 Å². The summed E-state index contributed by atoms with van der Waals surface area (Å²) in [4.78, 5) is 0. The van der Waals surface area contributed by atoms with Crippen LogP contribution in [0.2, 0.25) is 0 Å². The first kappa shape index (κ1) is 19.2. The molecule has 28 heavy (non-hydrogen) atoms. The van der Waals surface area contributed by atoms with Gasteiger partial charge in [-0.05, 0) is 78.3 Å². The summed E-state index contributed by atoms with van der Waals surface area (Å²) in [6, 6.07) is 12.1. The van der Waals surface area contributed by atoms with Crippen molar-refractivity contribution in [3.63, 3.8) is 0 Å². The van der Waals surface area contributed by atoms with Gasteiger partial charge in [-0.15, -0.1) is 0 Å². The number of pyridine rings is 1. The molecule has 2 aromatic carbocycles. The van der Waals surface area contributed by atoms with Crippen LogP contribution in [0.25, 0.3) is 22.0 Å². The van der Waals surface area contributed by atoms with Gasteiger partial charge in [0.1, 0.15) is 7.05 Å². The molecule has 0 atom stereocenters. The first-order chi connectivity index (χ1) is 13.7. The SMILES string of the molecule is [2H]c1c(C)[n+](C)c(-c2cc(C(C)C)cc(C)c2C)c2ccc(C(CC)CC)cc12. The summed E-state index contributed by atoms with van der Waals surface area (Å²) < 4.78 is 11.0. The predicted octanol–water partition coefficient (Wildman–Crippen LogP) is 7.28. The van der Waals surface area contributed by atoms with Crippen LogP contribution in [0.3, 0.4) is 0 Å². The molecule has 3 aromatic rings. The first-order valence-electron chi connectivity index (χ1n) is 11.2. The number of benzene rings is 2. The van der Waals surface area contributed by atoms with Crippen molar-refractivity contribution < 1.29 is 5.94 Å². The maximum Gasteiger partial charge on any atom is 0.220 e. The Kier molecular flexibility index (Phi) is 5.53. The smallest absolute Gasteiger partial charge is 0.198 e. The van der Waals surface area contributed by atoms with Crippen molar-refractivity contribution in [1.82, 2.24) is 0 Å². The van der Waals surface area contributed by atoms with Gasteiger partial charge in [-0.1, -0.05) is 45.9 Å². The lowest BCUT2D eigenvalue weighted by Gasteiger charge is -2.17. The number of aromatic nitrogens is 1. The lowest BCUT2D eigenvalue weighted by atomic mass is 9.88. The predicted molar refractivity (Wildman–Crippen MR) is 122 cm³/mol. The van der Waals surface area contributed by atoms with Gasteiger partial charge in [0.2, 0.25) is 5.69 Å². The molecule has 0 unspecified atom stereocenters. The minimum atomic E-state index is 0.489. The van der Waals surface area contributed by atoms with Crippen molar-refractivity contribution in [3.05, 3.63) is 64.3 Å². The summed E-state index contributed by atoms with van der Waals surface area (Å²) in [6.07, 6.45) is 2.27. The molecule has 148 valence electrons. The maximum absolute atomic E-state index is 8.83. The molecular formula is C27H36N+. The Bertz CT molecular complexity index is 1060. The zero-order valence-corrected chi connectivity index (χ0v) is 18.9. The zero-order valence-electron chi connectivity index (χ0n) is 19.9. The zero-order chi connectivity index (χ0) is 21.5. The van der Waals surface area contributed by atoms with E-state index in [-0.39, 0.29) is 0 Å². The standard InChI is InChI=1S/C27H36N/c1-9-21(10-2)22-11-12-25-24(15-22)14-19(6)28(8)27(25)26-16-23(17(3)4)13-18(5)20(26)7/h11-17,21H,9-10H2,1-8H3/q+1/i14D. The lowest BCUT2D eigenvalue weighted by molar-refractivity contribution is -0.665. The minimum Gasteiger partial charge on any atom is -0.198 e. The molecule has 0 fully saturated rings. The van der Waals surface area contributed by atoms with Gasteiger partial charge in [0.25, 0.3) is 0 Å². The quantitative estimate of drug-likeness (QED) is 0.412. The van der Waals surface area contributed by atoms with Gasteiger partial charge >= 0.3 is 0 Å². The van der Waals surface area contributed by atoms with Gasteiger partial charge in [0, 0.05) is 13.0 Å². The molecule has 0 aliphatic carbocycles. The average Bonchev–Trinajstić information content (AvgIpc) is 2.70. The number of hydrogen-bond donors (Lipinski definition) is 0. The van der Waals surface area contributed by atoms with Crippen LogP contribution in [-0.2, 0) is 7.05 Å². The Morgan fingerprint density at radius 3 is 2.25 bits per heavy atom. The number of nitrogens with zero attached hydrogens (tertiary/aromatic N) is 1. The van der Waals surface area contributed by atoms with Crippen LogP contribution in [0.15, 0.2) is 36.4 Å². The first-order valence-corrected chi connectivity index (χ1v) is 10.7. The number of fused-ring (bicyclic) bond motifs is 1. The summed E-state index contributed by atoms with van der Waals surface area (Å²) in [7, 11) is 2.10. The summed E-state index contributed by atoms with van der Waals surface area (Å²) in [5, 5.41) is 2.26. The van der Waals surface area contributed by atoms with Gasteiger partial charge in [0.15, 0.2) is 5.69 Å². The van der Waals surface area contributed by atoms with Crippen LogP contribution in [0.1, 0.15) is 81.7 Å². The summed E-state index contributed by atoms with van der Waals surface area (Å²) in [5.74, 6) is 1.05. The maximum atomic E-state index is 8.83. The molecule has 1 heteroatoms. The summed E-state index contributed by atoms with van der Waals surface area (Å²) in [5.41, 5.74) is 8.93. The largest absolute Gasteiger partial charge is 0.220 e. The highest BCUT2D eigenvalue weighted by molar-refractivity contribution is 5.94. The highest BCUT2D eigenvalue weighted by Crippen LogP contribution is 2.34. The van der Waals surface area contributed by atoms with Crippen molar-refractivity contribution in [3.8, 4) is 11.3 Å². The molecule has 0 aliphatic heterocycles. The summed E-state index contributed by atoms with van der Waals surface area (Å²) >= 11 is 0. The molecule has 0 saturated heterocycles. The van der Waals surface area contributed by atoms with Crippen LogP contribution in [0.4, 0.5) is 0 Å². The second kappa shape index (κ2) is 8.07. The van der Waals surface area contributed by atoms with Crippen molar-refractivity contribution in [2.45, 2.75) is 73.1 Å². The number of rotatable bonds is 5. The van der Waals surface area contributed by atoms with Crippen LogP contribution >= 0.6 is 0 Å². The van der Waals surface area contributed by atoms with E-state index in [1.807, 2.05) is 0 Å². The lowest BCUT2D eigenvalue weighted by Crippen LogP contribution is -2.35. The fourth-order valence-electron chi connectivity index (χ4n) is 4.31. The molecule has 0 spiro atoms. The van der Waals surface area contributed by atoms with E-state index in [4.69, 9.17) is 1.37 Å². The molecule has 3 rings (SSSR count). The molecule has 0 N–H and O–H groups in total. The van der Waals surface area contributed by atoms with Gasteiger partial charge in [-0.3, -0.25) is 0 Å². The van der Waals surface area contributed by atoms with E-state index in [0.717, 1.165) is 23.9 Å². The Balaban J connectivity index is 2.40. The van der Waals surface area contributed by atoms with Gasteiger partial charge in [0.05, 0.1) is 12.3 Å². The molecule has 0 saturated carbocycles. The Labute approximate surface area is 172 Å². The third kappa shape index (κ3) is 3.60. The molecule has 1 heterocycles. The van der Waals surface area contributed by atoms with Gasteiger partial charge < -0.3 is 0 Å². The van der Waals surface area contributed by atoms with Crippen molar-refractivity contribution in [1.29, 1.82) is 0 Å². The molecule has 1 nitrogen and oxygen atoms in total. The third-order valence-corrected chi connectivity index (χ3v) is 6.52. The van der Waals surface area contributed by atoms with E-state index in [2.05, 4.69) is 90.4 Å². The monoisotopic (exact) mass is 375 g/mol. The number of aryl methyl sites for hydroxylation is 1. The van der Waals surface area contributed by atoms with E-state index in [0.29, 0.717) is 17.9 Å². The van der Waals surface area contributed by atoms with Crippen LogP contribution < -0.4 is 4.57 Å². The molecule has 0 aliphatic rings. The fourth-order valence-corrected chi connectivity index (χ4v) is 4.31. The van der Waals surface area contributed by atoms with E-state index < -0.39 is 0 Å². The van der Waals surface area contributed by atoms with E-state index in [1.165, 1.54) is 38.9 Å². The van der Waals surface area contributed by atoms with Crippen molar-refractivity contribution in [2.75, 3.05) is 0 Å². The fraction of sp³-hybridized carbons (Fsp3) is 0.444. The average molecular weight is 376 g/mol. The van der Waals surface area contributed by atoms with Crippen LogP contribution in [-0.4, -0.2) is 0 Å². The Morgan fingerprint density at radius 1 is 0.964 bits per heavy atom. The van der Waals surface area contributed by atoms with Crippen molar-refractivity contribution in [2.24, 2.45) is 7.05 Å². The molecule has 0 radical (unpaired) electrons. The highest BCUT2D eigenvalue weighted by atomic mass is 14.9. The topological polar surface area (TPSA) is 3.88 Å².